The van der Waals surface area contributed by atoms with Gasteiger partial charge in [0.25, 0.3) is 0 Å². The highest BCUT2D eigenvalue weighted by Gasteiger charge is 2.18. The third-order valence-electron chi connectivity index (χ3n) is 15.4. The molecule has 3 N–H and O–H groups in total. The van der Waals surface area contributed by atoms with E-state index in [1.54, 1.807) is 6.08 Å². The molecule has 0 rings (SSSR count). The molecular formula is C68H129NO5. The number of carbonyl (C=O) groups is 2. The first-order chi connectivity index (χ1) is 36.5. The number of hydrogen-bond acceptors (Lipinski definition) is 5. The smallest absolute Gasteiger partial charge is 0.305 e. The minimum Gasteiger partial charge on any atom is -0.466 e. The van der Waals surface area contributed by atoms with Gasteiger partial charge in [-0.25, -0.2) is 0 Å². The molecule has 2 unspecified atom stereocenters. The molecule has 6 nitrogen and oxygen atoms in total. The fourth-order valence-electron chi connectivity index (χ4n) is 10.3. The van der Waals surface area contributed by atoms with E-state index in [1.165, 1.54) is 283 Å². The van der Waals surface area contributed by atoms with Gasteiger partial charge < -0.3 is 20.3 Å². The molecule has 0 aromatic carbocycles. The second kappa shape index (κ2) is 63.6. The lowest BCUT2D eigenvalue weighted by atomic mass is 10.0. The molecule has 0 heterocycles. The topological polar surface area (TPSA) is 95.9 Å². The van der Waals surface area contributed by atoms with E-state index in [9.17, 15) is 19.8 Å². The van der Waals surface area contributed by atoms with Gasteiger partial charge in [-0.2, -0.15) is 0 Å². The van der Waals surface area contributed by atoms with E-state index in [0.29, 0.717) is 19.4 Å². The van der Waals surface area contributed by atoms with Crippen LogP contribution in [0.2, 0.25) is 0 Å². The van der Waals surface area contributed by atoms with E-state index < -0.39 is 12.1 Å². The molecule has 1 amide bonds. The third-order valence-corrected chi connectivity index (χ3v) is 15.4. The maximum absolute atomic E-state index is 12.5. The van der Waals surface area contributed by atoms with E-state index in [-0.39, 0.29) is 18.5 Å². The molecule has 74 heavy (non-hydrogen) atoms. The molecule has 0 aromatic rings. The average molecular weight is 1040 g/mol. The monoisotopic (exact) mass is 1040 g/mol. The predicted octanol–water partition coefficient (Wildman–Crippen LogP) is 21.1. The fourth-order valence-corrected chi connectivity index (χ4v) is 10.3. The van der Waals surface area contributed by atoms with Crippen molar-refractivity contribution < 1.29 is 24.5 Å². The summed E-state index contributed by atoms with van der Waals surface area (Å²) >= 11 is 0. The standard InChI is InChI=1S/C68H129NO5/c1-3-5-7-9-11-13-15-17-18-19-20-21-22-23-25-28-31-34-37-40-44-48-52-56-60-66(71)65(64-70)69-67(72)61-57-53-49-45-41-38-35-32-29-26-24-27-30-33-36-39-43-47-51-55-59-63-74-68(73)62-58-54-50-46-42-16-14-12-10-8-6-4-2/h12,14,26,29,56,60,65-66,70-71H,3-11,13,15-25,27-28,30-55,57-59,61-64H2,1-2H3,(H,69,72)/b14-12-,29-26-,60-56+. The van der Waals surface area contributed by atoms with Crippen molar-refractivity contribution in [3.05, 3.63) is 36.5 Å². The number of amides is 1. The Bertz CT molecular complexity index is 1200. The second-order valence-corrected chi connectivity index (χ2v) is 22.8. The van der Waals surface area contributed by atoms with Crippen molar-refractivity contribution in [3.63, 3.8) is 0 Å². The first-order valence-corrected chi connectivity index (χ1v) is 33.3. The van der Waals surface area contributed by atoms with Gasteiger partial charge >= 0.3 is 5.97 Å². The average Bonchev–Trinajstić information content (AvgIpc) is 3.40. The molecule has 0 saturated carbocycles. The van der Waals surface area contributed by atoms with Crippen LogP contribution in [0.25, 0.3) is 0 Å². The lowest BCUT2D eigenvalue weighted by Crippen LogP contribution is -2.45. The lowest BCUT2D eigenvalue weighted by molar-refractivity contribution is -0.143. The Hall–Kier alpha value is -1.92. The van der Waals surface area contributed by atoms with Gasteiger partial charge in [0, 0.05) is 12.8 Å². The van der Waals surface area contributed by atoms with Gasteiger partial charge in [-0.05, 0) is 83.5 Å². The summed E-state index contributed by atoms with van der Waals surface area (Å²) in [5, 5.41) is 23.2. The summed E-state index contributed by atoms with van der Waals surface area (Å²) in [5.41, 5.74) is 0. The van der Waals surface area contributed by atoms with Gasteiger partial charge in [-0.3, -0.25) is 9.59 Å². The zero-order valence-corrected chi connectivity index (χ0v) is 49.8. The quantitative estimate of drug-likeness (QED) is 0.0320. The van der Waals surface area contributed by atoms with Gasteiger partial charge in [-0.15, -0.1) is 0 Å². The van der Waals surface area contributed by atoms with Crippen LogP contribution in [-0.2, 0) is 14.3 Å². The third kappa shape index (κ3) is 59.3. The molecule has 0 aliphatic carbocycles. The molecule has 0 aromatic heterocycles. The van der Waals surface area contributed by atoms with Crippen molar-refractivity contribution in [1.82, 2.24) is 5.32 Å². The molecule has 0 bridgehead atoms. The van der Waals surface area contributed by atoms with Gasteiger partial charge in [0.2, 0.25) is 5.91 Å². The molecule has 0 spiro atoms. The number of aliphatic hydroxyl groups excluding tert-OH is 2. The van der Waals surface area contributed by atoms with Gasteiger partial charge in [0.1, 0.15) is 0 Å². The van der Waals surface area contributed by atoms with Crippen LogP contribution in [0.1, 0.15) is 361 Å². The Morgan fingerprint density at radius 2 is 0.635 bits per heavy atom. The van der Waals surface area contributed by atoms with Crippen LogP contribution in [0.4, 0.5) is 0 Å². The minimum absolute atomic E-state index is 0.00221. The van der Waals surface area contributed by atoms with Crippen LogP contribution >= 0.6 is 0 Å². The highest BCUT2D eigenvalue weighted by atomic mass is 16.5. The molecule has 0 radical (unpaired) electrons. The van der Waals surface area contributed by atoms with E-state index in [0.717, 1.165) is 51.4 Å². The minimum atomic E-state index is -0.851. The molecular weight excluding hydrogens is 911 g/mol. The van der Waals surface area contributed by atoms with Crippen molar-refractivity contribution in [2.24, 2.45) is 0 Å². The van der Waals surface area contributed by atoms with Crippen LogP contribution in [0.5, 0.6) is 0 Å². The fraction of sp³-hybridized carbons (Fsp3) is 0.882. The molecule has 2 atom stereocenters. The van der Waals surface area contributed by atoms with Crippen LogP contribution in [0.3, 0.4) is 0 Å². The Morgan fingerprint density at radius 1 is 0.365 bits per heavy atom. The first kappa shape index (κ1) is 72.1. The van der Waals surface area contributed by atoms with E-state index in [2.05, 4.69) is 43.5 Å². The second-order valence-electron chi connectivity index (χ2n) is 22.8. The van der Waals surface area contributed by atoms with Crippen molar-refractivity contribution >= 4 is 11.9 Å². The summed E-state index contributed by atoms with van der Waals surface area (Å²) in [7, 11) is 0. The molecule has 0 saturated heterocycles. The largest absolute Gasteiger partial charge is 0.466 e. The Kier molecular flexibility index (Phi) is 62.0. The maximum atomic E-state index is 12.5. The molecule has 0 fully saturated rings. The van der Waals surface area contributed by atoms with Crippen molar-refractivity contribution in [1.29, 1.82) is 0 Å². The highest BCUT2D eigenvalue weighted by molar-refractivity contribution is 5.76. The summed E-state index contributed by atoms with van der Waals surface area (Å²) < 4.78 is 5.46. The lowest BCUT2D eigenvalue weighted by Gasteiger charge is -2.20. The van der Waals surface area contributed by atoms with Gasteiger partial charge in [0.15, 0.2) is 0 Å². The Balaban J connectivity index is 3.46. The summed E-state index contributed by atoms with van der Waals surface area (Å²) in [4.78, 5) is 24.5. The van der Waals surface area contributed by atoms with Crippen molar-refractivity contribution in [3.8, 4) is 0 Å². The number of unbranched alkanes of at least 4 members (excludes halogenated alkanes) is 47. The number of nitrogens with one attached hydrogen (secondary N) is 1. The number of aliphatic hydroxyl groups is 2. The SMILES string of the molecule is CCCCC/C=C\CCCCCCCC(=O)OCCCCCCCCCCCC/C=C\CCCCCCCCCC(=O)NC(CO)C(O)/C=C/CCCCCCCCCCCCCCCCCCCCCCCC. The number of hydrogen-bond donors (Lipinski definition) is 3. The van der Waals surface area contributed by atoms with E-state index in [1.807, 2.05) is 6.08 Å². The van der Waals surface area contributed by atoms with Crippen molar-refractivity contribution in [2.45, 2.75) is 373 Å². The van der Waals surface area contributed by atoms with Gasteiger partial charge in [-0.1, -0.05) is 301 Å². The summed E-state index contributed by atoms with van der Waals surface area (Å²) in [6.45, 7) is 4.90. The van der Waals surface area contributed by atoms with E-state index >= 15 is 0 Å². The van der Waals surface area contributed by atoms with Crippen LogP contribution in [0.15, 0.2) is 36.5 Å². The highest BCUT2D eigenvalue weighted by Crippen LogP contribution is 2.18. The zero-order valence-electron chi connectivity index (χ0n) is 49.8. The zero-order chi connectivity index (χ0) is 53.6. The molecule has 0 aliphatic heterocycles. The van der Waals surface area contributed by atoms with E-state index in [4.69, 9.17) is 4.74 Å². The number of ether oxygens (including phenoxy) is 1. The maximum Gasteiger partial charge on any atom is 0.305 e. The number of carbonyl (C=O) groups excluding carboxylic acids is 2. The number of allylic oxidation sites excluding steroid dienone is 5. The summed E-state index contributed by atoms with van der Waals surface area (Å²) in [6, 6.07) is -0.635. The molecule has 436 valence electrons. The summed E-state index contributed by atoms with van der Waals surface area (Å²) in [6.07, 6.45) is 80.6. The van der Waals surface area contributed by atoms with Crippen LogP contribution in [0, 0.1) is 0 Å². The van der Waals surface area contributed by atoms with Crippen LogP contribution in [-0.4, -0.2) is 47.4 Å². The summed E-state index contributed by atoms with van der Waals surface area (Å²) in [5.74, 6) is -0.0748. The molecule has 0 aliphatic rings. The molecule has 6 heteroatoms. The number of rotatable bonds is 62. The van der Waals surface area contributed by atoms with Crippen molar-refractivity contribution in [2.75, 3.05) is 13.2 Å². The normalized spacial score (nSPS) is 12.8. The Morgan fingerprint density at radius 3 is 0.986 bits per heavy atom. The van der Waals surface area contributed by atoms with Gasteiger partial charge in [0.05, 0.1) is 25.4 Å². The Labute approximate surface area is 462 Å². The number of esters is 1. The van der Waals surface area contributed by atoms with Crippen LogP contribution < -0.4 is 5.32 Å². The first-order valence-electron chi connectivity index (χ1n) is 33.3. The predicted molar refractivity (Wildman–Crippen MR) is 324 cm³/mol.